The molecule has 2 atom stereocenters. The molecule has 0 radical (unpaired) electrons. The summed E-state index contributed by atoms with van der Waals surface area (Å²) in [5.74, 6) is 1.19. The van der Waals surface area contributed by atoms with Crippen molar-refractivity contribution in [3.8, 4) is 0 Å². The molecule has 4 heteroatoms. The zero-order valence-corrected chi connectivity index (χ0v) is 9.29. The molecule has 0 aromatic carbocycles. The highest BCUT2D eigenvalue weighted by Crippen LogP contribution is 2.47. The number of hydrogen-bond acceptors (Lipinski definition) is 3. The molecule has 3 rings (SSSR count). The molecule has 1 saturated carbocycles. The fourth-order valence-corrected chi connectivity index (χ4v) is 2.47. The van der Waals surface area contributed by atoms with Gasteiger partial charge in [-0.1, -0.05) is 0 Å². The highest BCUT2D eigenvalue weighted by Gasteiger charge is 2.47. The van der Waals surface area contributed by atoms with Gasteiger partial charge in [-0.15, -0.1) is 0 Å². The third-order valence-electron chi connectivity index (χ3n) is 3.36. The van der Waals surface area contributed by atoms with Crippen molar-refractivity contribution in [3.63, 3.8) is 0 Å². The van der Waals surface area contributed by atoms with Crippen molar-refractivity contribution in [1.82, 2.24) is 4.98 Å². The van der Waals surface area contributed by atoms with Crippen molar-refractivity contribution in [2.24, 2.45) is 11.8 Å². The van der Waals surface area contributed by atoms with Crippen molar-refractivity contribution in [3.05, 3.63) is 23.0 Å². The first-order valence-corrected chi connectivity index (χ1v) is 5.79. The summed E-state index contributed by atoms with van der Waals surface area (Å²) in [5.41, 5.74) is 2.88. The molecule has 0 aliphatic heterocycles. The molecule has 2 aliphatic rings. The number of nitrogens with one attached hydrogen (secondary N) is 1. The minimum absolute atomic E-state index is 0.286. The van der Waals surface area contributed by atoms with Crippen LogP contribution in [-0.2, 0) is 22.8 Å². The summed E-state index contributed by atoms with van der Waals surface area (Å²) in [6.07, 6.45) is 2.11. The average Bonchev–Trinajstić information content (AvgIpc) is 2.92. The van der Waals surface area contributed by atoms with E-state index in [0.29, 0.717) is 25.0 Å². The molecule has 1 aromatic rings. The van der Waals surface area contributed by atoms with Crippen LogP contribution in [0.3, 0.4) is 0 Å². The van der Waals surface area contributed by atoms with E-state index in [4.69, 9.17) is 9.78 Å². The molecule has 1 unspecified atom stereocenters. The summed E-state index contributed by atoms with van der Waals surface area (Å²) < 4.78 is 0. The van der Waals surface area contributed by atoms with Gasteiger partial charge < -0.3 is 4.98 Å². The molecule has 0 spiro atoms. The normalized spacial score (nSPS) is 26.4. The fraction of sp³-hybridized carbons (Fsp3) is 0.583. The van der Waals surface area contributed by atoms with E-state index in [1.165, 1.54) is 0 Å². The summed E-state index contributed by atoms with van der Waals surface area (Å²) >= 11 is 0. The van der Waals surface area contributed by atoms with Gasteiger partial charge in [0.05, 0.1) is 12.3 Å². The number of aromatic nitrogens is 1. The number of aromatic amines is 1. The molecule has 1 heterocycles. The molecule has 0 saturated heterocycles. The van der Waals surface area contributed by atoms with E-state index >= 15 is 0 Å². The molecular formula is C12H15NO3. The summed E-state index contributed by atoms with van der Waals surface area (Å²) in [6, 6.07) is 2.03. The second kappa shape index (κ2) is 3.71. The molecule has 1 N–H and O–H groups in total. The number of hydrogen-bond donors (Lipinski definition) is 1. The van der Waals surface area contributed by atoms with Crippen molar-refractivity contribution in [2.75, 3.05) is 6.61 Å². The number of fused-ring (bicyclic) bond motifs is 2. The lowest BCUT2D eigenvalue weighted by atomic mass is 9.97. The predicted octanol–water partition coefficient (Wildman–Crippen LogP) is 1.86. The maximum atomic E-state index is 11.9. The van der Waals surface area contributed by atoms with Gasteiger partial charge in [-0.25, -0.2) is 9.78 Å². The van der Waals surface area contributed by atoms with E-state index in [1.807, 2.05) is 13.0 Å². The molecular weight excluding hydrogens is 206 g/mol. The lowest BCUT2D eigenvalue weighted by Crippen LogP contribution is -2.13. The second-order valence-corrected chi connectivity index (χ2v) is 4.53. The molecule has 4 nitrogen and oxygen atoms in total. The highest BCUT2D eigenvalue weighted by atomic mass is 17.2. The van der Waals surface area contributed by atoms with Gasteiger partial charge >= 0.3 is 0 Å². The number of Topliss-reactive ketones (excluding diaryl/α,β-unsaturated/α-hetero) is 1. The summed E-state index contributed by atoms with van der Waals surface area (Å²) in [7, 11) is 0. The van der Waals surface area contributed by atoms with Gasteiger partial charge in [-0.3, -0.25) is 4.79 Å². The molecule has 2 aliphatic carbocycles. The number of H-pyrrole nitrogens is 1. The zero-order valence-electron chi connectivity index (χ0n) is 9.29. The van der Waals surface area contributed by atoms with Gasteiger partial charge in [-0.05, 0) is 37.3 Å². The Labute approximate surface area is 93.9 Å². The van der Waals surface area contributed by atoms with Crippen LogP contribution >= 0.6 is 0 Å². The summed E-state index contributed by atoms with van der Waals surface area (Å²) in [5, 5.41) is 0. The van der Waals surface area contributed by atoms with Crippen LogP contribution in [0.15, 0.2) is 6.07 Å². The van der Waals surface area contributed by atoms with Gasteiger partial charge in [0, 0.05) is 11.6 Å². The van der Waals surface area contributed by atoms with Crippen LogP contribution in [0, 0.1) is 11.8 Å². The van der Waals surface area contributed by atoms with Crippen LogP contribution in [-0.4, -0.2) is 17.4 Å². The van der Waals surface area contributed by atoms with Crippen molar-refractivity contribution in [1.29, 1.82) is 0 Å². The zero-order chi connectivity index (χ0) is 11.1. The predicted molar refractivity (Wildman–Crippen MR) is 56.8 cm³/mol. The Morgan fingerprint density at radius 2 is 2.38 bits per heavy atom. The maximum absolute atomic E-state index is 11.9. The van der Waals surface area contributed by atoms with Crippen LogP contribution in [0.25, 0.3) is 0 Å². The van der Waals surface area contributed by atoms with E-state index in [1.54, 1.807) is 0 Å². The maximum Gasteiger partial charge on any atom is 0.182 e. The van der Waals surface area contributed by atoms with E-state index in [2.05, 4.69) is 4.98 Å². The Hall–Kier alpha value is -1.13. The van der Waals surface area contributed by atoms with Gasteiger partial charge in [0.2, 0.25) is 0 Å². The smallest absolute Gasteiger partial charge is 0.182 e. The third-order valence-corrected chi connectivity index (χ3v) is 3.36. The topological polar surface area (TPSA) is 51.3 Å². The molecule has 0 amide bonds. The first kappa shape index (κ1) is 10.1. The Kier molecular flexibility index (Phi) is 2.33. The van der Waals surface area contributed by atoms with Gasteiger partial charge in [-0.2, -0.15) is 0 Å². The van der Waals surface area contributed by atoms with Crippen LogP contribution in [0.2, 0.25) is 0 Å². The number of rotatable bonds is 4. The Morgan fingerprint density at radius 3 is 3.19 bits per heavy atom. The quantitative estimate of drug-likeness (QED) is 0.479. The Morgan fingerprint density at radius 1 is 1.50 bits per heavy atom. The van der Waals surface area contributed by atoms with Crippen LogP contribution in [0.5, 0.6) is 0 Å². The van der Waals surface area contributed by atoms with Crippen molar-refractivity contribution in [2.45, 2.75) is 26.4 Å². The van der Waals surface area contributed by atoms with Crippen molar-refractivity contribution >= 4 is 5.78 Å². The number of ketones is 1. The molecule has 1 aromatic heterocycles. The third kappa shape index (κ3) is 1.58. The molecule has 0 bridgehead atoms. The van der Waals surface area contributed by atoms with Gasteiger partial charge in [0.25, 0.3) is 0 Å². The average molecular weight is 221 g/mol. The van der Waals surface area contributed by atoms with E-state index in [0.717, 1.165) is 29.8 Å². The second-order valence-electron chi connectivity index (χ2n) is 4.53. The first-order chi connectivity index (χ1) is 7.79. The van der Waals surface area contributed by atoms with E-state index in [-0.39, 0.29) is 5.78 Å². The minimum atomic E-state index is 0.286. The standard InChI is InChI=1S/C12H15NO3/c1-2-15-16-6-9-4-8-3-7-5-10(7)12(14)11(8)13-9/h4,7,10,13H,2-3,5-6H2,1H3/t7-,10?/m0/s1. The first-order valence-electron chi connectivity index (χ1n) is 5.79. The number of carbonyl (C=O) groups excluding carboxylic acids is 1. The largest absolute Gasteiger partial charge is 0.354 e. The molecule has 16 heavy (non-hydrogen) atoms. The Balaban J connectivity index is 1.74. The highest BCUT2D eigenvalue weighted by molar-refractivity contribution is 6.00. The summed E-state index contributed by atoms with van der Waals surface area (Å²) in [4.78, 5) is 24.8. The molecule has 86 valence electrons. The summed E-state index contributed by atoms with van der Waals surface area (Å²) in [6.45, 7) is 2.78. The number of carbonyl (C=O) groups is 1. The van der Waals surface area contributed by atoms with Crippen LogP contribution < -0.4 is 0 Å². The van der Waals surface area contributed by atoms with E-state index < -0.39 is 0 Å². The SMILES string of the molecule is CCOOCc1cc2c([nH]1)C(=O)C1C[C@@H]1C2. The van der Waals surface area contributed by atoms with Crippen LogP contribution in [0.4, 0.5) is 0 Å². The van der Waals surface area contributed by atoms with Crippen LogP contribution in [0.1, 0.15) is 35.1 Å². The van der Waals surface area contributed by atoms with Crippen molar-refractivity contribution < 1.29 is 14.6 Å². The minimum Gasteiger partial charge on any atom is -0.354 e. The van der Waals surface area contributed by atoms with Gasteiger partial charge in [0.15, 0.2) is 5.78 Å². The lowest BCUT2D eigenvalue weighted by molar-refractivity contribution is -0.301. The van der Waals surface area contributed by atoms with Gasteiger partial charge in [0.1, 0.15) is 6.61 Å². The molecule has 1 fully saturated rings. The Bertz CT molecular complexity index is 424. The monoisotopic (exact) mass is 221 g/mol. The van der Waals surface area contributed by atoms with E-state index in [9.17, 15) is 4.79 Å². The fourth-order valence-electron chi connectivity index (χ4n) is 2.47. The lowest BCUT2D eigenvalue weighted by Gasteiger charge is -2.07.